The van der Waals surface area contributed by atoms with Crippen LogP contribution in [0.4, 0.5) is 0 Å². The highest BCUT2D eigenvalue weighted by atomic mass is 32.1. The molecule has 1 aromatic carbocycles. The topological polar surface area (TPSA) is 21.3 Å². The highest BCUT2D eigenvalue weighted by Gasteiger charge is 2.00. The second kappa shape index (κ2) is 6.73. The normalized spacial score (nSPS) is 10.7. The summed E-state index contributed by atoms with van der Waals surface area (Å²) < 4.78 is 5.78. The van der Waals surface area contributed by atoms with Crippen molar-refractivity contribution in [1.29, 1.82) is 0 Å². The van der Waals surface area contributed by atoms with Crippen LogP contribution < -0.4 is 10.1 Å². The minimum atomic E-state index is 0.703. The van der Waals surface area contributed by atoms with E-state index in [1.165, 1.54) is 21.6 Å². The zero-order valence-corrected chi connectivity index (χ0v) is 12.6. The van der Waals surface area contributed by atoms with Crippen molar-refractivity contribution >= 4 is 11.3 Å². The van der Waals surface area contributed by atoms with E-state index in [9.17, 15) is 0 Å². The van der Waals surface area contributed by atoms with E-state index >= 15 is 0 Å². The summed E-state index contributed by atoms with van der Waals surface area (Å²) in [6, 6.07) is 8.45. The number of aryl methyl sites for hydroxylation is 3. The minimum absolute atomic E-state index is 0.703. The number of rotatable bonds is 6. The van der Waals surface area contributed by atoms with Crippen LogP contribution in [0.15, 0.2) is 29.6 Å². The summed E-state index contributed by atoms with van der Waals surface area (Å²) in [4.78, 5) is 1.41. The van der Waals surface area contributed by atoms with Crippen LogP contribution in [0.3, 0.4) is 0 Å². The third-order valence-corrected chi connectivity index (χ3v) is 4.14. The smallest absolute Gasteiger partial charge is 0.122 e. The van der Waals surface area contributed by atoms with E-state index in [2.05, 4.69) is 49.7 Å². The van der Waals surface area contributed by atoms with Gasteiger partial charge in [-0.15, -0.1) is 11.3 Å². The second-order valence-electron chi connectivity index (χ2n) is 4.82. The van der Waals surface area contributed by atoms with Crippen molar-refractivity contribution in [2.75, 3.05) is 13.2 Å². The Morgan fingerprint density at radius 1 is 1.11 bits per heavy atom. The van der Waals surface area contributed by atoms with E-state index in [1.807, 2.05) is 6.07 Å². The first kappa shape index (κ1) is 14.1. The highest BCUT2D eigenvalue weighted by Crippen LogP contribution is 2.18. The van der Waals surface area contributed by atoms with Gasteiger partial charge in [-0.25, -0.2) is 0 Å². The molecule has 3 heteroatoms. The number of hydrogen-bond donors (Lipinski definition) is 1. The molecule has 0 unspecified atom stereocenters. The number of thiophene rings is 1. The summed E-state index contributed by atoms with van der Waals surface area (Å²) in [5, 5.41) is 5.55. The molecule has 0 atom stereocenters. The van der Waals surface area contributed by atoms with Gasteiger partial charge >= 0.3 is 0 Å². The van der Waals surface area contributed by atoms with Crippen LogP contribution in [-0.2, 0) is 6.54 Å². The average Bonchev–Trinajstić information content (AvgIpc) is 2.77. The predicted molar refractivity (Wildman–Crippen MR) is 82.2 cm³/mol. The van der Waals surface area contributed by atoms with Gasteiger partial charge < -0.3 is 10.1 Å². The summed E-state index contributed by atoms with van der Waals surface area (Å²) in [5.74, 6) is 0.986. The molecule has 0 aliphatic rings. The van der Waals surface area contributed by atoms with E-state index in [1.54, 1.807) is 11.3 Å². The number of hydrogen-bond acceptors (Lipinski definition) is 3. The Bertz CT molecular complexity index is 533. The van der Waals surface area contributed by atoms with Gasteiger partial charge in [-0.05, 0) is 49.4 Å². The summed E-state index contributed by atoms with van der Waals surface area (Å²) >= 11 is 1.80. The molecule has 1 N–H and O–H groups in total. The van der Waals surface area contributed by atoms with Crippen LogP contribution >= 0.6 is 11.3 Å². The van der Waals surface area contributed by atoms with Crippen molar-refractivity contribution in [1.82, 2.24) is 5.32 Å². The standard InChI is InChI=1S/C16H21NOS/c1-12-4-5-15(14(3)10-12)18-8-7-17-11-16-13(2)6-9-19-16/h4-6,9-10,17H,7-8,11H2,1-3H3. The maximum atomic E-state index is 5.78. The van der Waals surface area contributed by atoms with Gasteiger partial charge in [0.05, 0.1) is 0 Å². The van der Waals surface area contributed by atoms with Crippen molar-refractivity contribution in [2.45, 2.75) is 27.3 Å². The molecule has 0 aliphatic carbocycles. The van der Waals surface area contributed by atoms with Crippen molar-refractivity contribution in [2.24, 2.45) is 0 Å². The predicted octanol–water partition coefficient (Wildman–Crippen LogP) is 3.84. The van der Waals surface area contributed by atoms with Crippen molar-refractivity contribution in [3.8, 4) is 5.75 Å². The zero-order chi connectivity index (χ0) is 13.7. The third-order valence-electron chi connectivity index (χ3n) is 3.12. The second-order valence-corrected chi connectivity index (χ2v) is 5.82. The summed E-state index contributed by atoms with van der Waals surface area (Å²) in [6.07, 6.45) is 0. The van der Waals surface area contributed by atoms with Crippen LogP contribution in [0.5, 0.6) is 5.75 Å². The van der Waals surface area contributed by atoms with Crippen molar-refractivity contribution < 1.29 is 4.74 Å². The highest BCUT2D eigenvalue weighted by molar-refractivity contribution is 7.10. The van der Waals surface area contributed by atoms with Crippen molar-refractivity contribution in [3.63, 3.8) is 0 Å². The molecule has 19 heavy (non-hydrogen) atoms. The largest absolute Gasteiger partial charge is 0.492 e. The quantitative estimate of drug-likeness (QED) is 0.809. The van der Waals surface area contributed by atoms with Gasteiger partial charge in [-0.2, -0.15) is 0 Å². The van der Waals surface area contributed by atoms with Gasteiger partial charge in [0, 0.05) is 18.0 Å². The molecular formula is C16H21NOS. The van der Waals surface area contributed by atoms with E-state index in [-0.39, 0.29) is 0 Å². The molecule has 2 rings (SSSR count). The average molecular weight is 275 g/mol. The summed E-state index contributed by atoms with van der Waals surface area (Å²) in [6.45, 7) is 8.84. The molecule has 0 fully saturated rings. The van der Waals surface area contributed by atoms with Crippen LogP contribution in [0.25, 0.3) is 0 Å². The molecule has 0 aliphatic heterocycles. The van der Waals surface area contributed by atoms with Gasteiger partial charge in [-0.1, -0.05) is 17.7 Å². The first-order valence-corrected chi connectivity index (χ1v) is 7.48. The molecular weight excluding hydrogens is 254 g/mol. The lowest BCUT2D eigenvalue weighted by Gasteiger charge is -2.10. The Labute approximate surface area is 119 Å². The first-order valence-electron chi connectivity index (χ1n) is 6.60. The van der Waals surface area contributed by atoms with Gasteiger partial charge in [0.15, 0.2) is 0 Å². The minimum Gasteiger partial charge on any atom is -0.492 e. The lowest BCUT2D eigenvalue weighted by atomic mass is 10.1. The van der Waals surface area contributed by atoms with Crippen LogP contribution in [0, 0.1) is 20.8 Å². The molecule has 2 aromatic rings. The van der Waals surface area contributed by atoms with Crippen LogP contribution in [-0.4, -0.2) is 13.2 Å². The van der Waals surface area contributed by atoms with Gasteiger partial charge in [-0.3, -0.25) is 0 Å². The van der Waals surface area contributed by atoms with E-state index in [4.69, 9.17) is 4.74 Å². The number of nitrogens with one attached hydrogen (secondary N) is 1. The number of ether oxygens (including phenoxy) is 1. The van der Waals surface area contributed by atoms with Gasteiger partial charge in [0.2, 0.25) is 0 Å². The summed E-state index contributed by atoms with van der Waals surface area (Å²) in [7, 11) is 0. The van der Waals surface area contributed by atoms with E-state index in [0.29, 0.717) is 6.61 Å². The van der Waals surface area contributed by atoms with Crippen LogP contribution in [0.2, 0.25) is 0 Å². The van der Waals surface area contributed by atoms with Gasteiger partial charge in [0.25, 0.3) is 0 Å². The fourth-order valence-corrected chi connectivity index (χ4v) is 2.86. The molecule has 0 amide bonds. The number of benzene rings is 1. The Kier molecular flexibility index (Phi) is 5.00. The first-order chi connectivity index (χ1) is 9.16. The Hall–Kier alpha value is -1.32. The molecule has 0 saturated carbocycles. The SMILES string of the molecule is Cc1ccc(OCCNCc2sccc2C)c(C)c1. The fourth-order valence-electron chi connectivity index (χ4n) is 1.98. The Balaban J connectivity index is 1.71. The van der Waals surface area contributed by atoms with Gasteiger partial charge in [0.1, 0.15) is 12.4 Å². The molecule has 0 saturated heterocycles. The Morgan fingerprint density at radius 2 is 1.95 bits per heavy atom. The molecule has 0 radical (unpaired) electrons. The lowest BCUT2D eigenvalue weighted by Crippen LogP contribution is -2.20. The Morgan fingerprint density at radius 3 is 2.63 bits per heavy atom. The fraction of sp³-hybridized carbons (Fsp3) is 0.375. The maximum absolute atomic E-state index is 5.78. The summed E-state index contributed by atoms with van der Waals surface area (Å²) in [5.41, 5.74) is 3.85. The molecule has 0 bridgehead atoms. The monoisotopic (exact) mass is 275 g/mol. The molecule has 1 aromatic heterocycles. The third kappa shape index (κ3) is 4.08. The van der Waals surface area contributed by atoms with Crippen LogP contribution in [0.1, 0.15) is 21.6 Å². The lowest BCUT2D eigenvalue weighted by molar-refractivity contribution is 0.312. The maximum Gasteiger partial charge on any atom is 0.122 e. The molecule has 1 heterocycles. The van der Waals surface area contributed by atoms with Crippen molar-refractivity contribution in [3.05, 3.63) is 51.2 Å². The van der Waals surface area contributed by atoms with E-state index in [0.717, 1.165) is 18.8 Å². The molecule has 0 spiro atoms. The van der Waals surface area contributed by atoms with E-state index < -0.39 is 0 Å². The molecule has 102 valence electrons. The molecule has 2 nitrogen and oxygen atoms in total. The zero-order valence-electron chi connectivity index (χ0n) is 11.8.